The largest absolute Gasteiger partial charge is 0.391 e. The highest BCUT2D eigenvalue weighted by Crippen LogP contribution is 2.29. The summed E-state index contributed by atoms with van der Waals surface area (Å²) >= 11 is 1.58. The van der Waals surface area contributed by atoms with Crippen molar-refractivity contribution in [2.45, 2.75) is 71.4 Å². The third kappa shape index (κ3) is 7.02. The highest BCUT2D eigenvalue weighted by molar-refractivity contribution is 7.13. The van der Waals surface area contributed by atoms with Crippen LogP contribution in [0.2, 0.25) is 0 Å². The first-order chi connectivity index (χ1) is 18.4. The molecule has 2 aromatic rings. The van der Waals surface area contributed by atoms with Crippen molar-refractivity contribution in [3.8, 4) is 10.4 Å². The maximum absolute atomic E-state index is 13.7. The van der Waals surface area contributed by atoms with E-state index in [1.807, 2.05) is 64.4 Å². The molecule has 10 nitrogen and oxygen atoms in total. The Morgan fingerprint density at radius 1 is 1.21 bits per heavy atom. The molecule has 3 heterocycles. The Kier molecular flexibility index (Phi) is 9.05. The molecule has 0 saturated carbocycles. The second kappa shape index (κ2) is 12.1. The van der Waals surface area contributed by atoms with Gasteiger partial charge in [0.1, 0.15) is 18.7 Å². The summed E-state index contributed by atoms with van der Waals surface area (Å²) in [4.78, 5) is 46.5. The molecule has 39 heavy (non-hydrogen) atoms. The second-order valence-electron chi connectivity index (χ2n) is 11.5. The number of amides is 3. The van der Waals surface area contributed by atoms with Crippen molar-refractivity contribution in [2.24, 2.45) is 5.41 Å². The average molecular weight is 558 g/mol. The first-order valence-corrected chi connectivity index (χ1v) is 14.2. The fraction of sp³-hybridized carbons (Fsp3) is 0.571. The summed E-state index contributed by atoms with van der Waals surface area (Å²) in [6, 6.07) is 5.93. The van der Waals surface area contributed by atoms with Gasteiger partial charge in [0, 0.05) is 26.1 Å². The van der Waals surface area contributed by atoms with E-state index in [4.69, 9.17) is 4.74 Å². The molecule has 212 valence electrons. The highest BCUT2D eigenvalue weighted by atomic mass is 32.1. The number of hydrogen-bond acceptors (Lipinski definition) is 8. The number of carbonyl (C=O) groups excluding carboxylic acids is 3. The number of aliphatic hydroxyl groups excluding tert-OH is 1. The highest BCUT2D eigenvalue weighted by Gasteiger charge is 2.44. The van der Waals surface area contributed by atoms with E-state index >= 15 is 0 Å². The van der Waals surface area contributed by atoms with Gasteiger partial charge in [0.05, 0.1) is 34.3 Å². The Bertz CT molecular complexity index is 1170. The van der Waals surface area contributed by atoms with Crippen molar-refractivity contribution in [1.82, 2.24) is 25.8 Å². The number of likely N-dealkylation sites (tertiary alicyclic amines) is 1. The molecule has 2 saturated heterocycles. The third-order valence-electron chi connectivity index (χ3n) is 7.25. The molecule has 1 aromatic heterocycles. The van der Waals surface area contributed by atoms with Gasteiger partial charge in [0.15, 0.2) is 0 Å². The van der Waals surface area contributed by atoms with Gasteiger partial charge in [-0.3, -0.25) is 14.4 Å². The Balaban J connectivity index is 1.41. The Morgan fingerprint density at radius 2 is 1.90 bits per heavy atom. The van der Waals surface area contributed by atoms with Crippen molar-refractivity contribution in [3.05, 3.63) is 41.0 Å². The Hall–Kier alpha value is -2.86. The summed E-state index contributed by atoms with van der Waals surface area (Å²) in [5, 5.41) is 19.3. The standard InChI is InChI=1S/C28H39N5O5S/c1-16(18-6-8-19(9-7-18)24-17(2)30-15-39-24)31-26(36)22-10-20(34)13-33(22)27(37)25(28(3,4)5)32-23(35)14-38-21-11-29-12-21/h6-9,15-16,20-22,25,29,34H,10-14H2,1-5H3,(H,31,36)(H,32,35)/t16-,20+,22-,25+/m0/s1. The van der Waals surface area contributed by atoms with Crippen molar-refractivity contribution >= 4 is 29.1 Å². The van der Waals surface area contributed by atoms with Crippen LogP contribution in [0.25, 0.3) is 10.4 Å². The van der Waals surface area contributed by atoms with Crippen LogP contribution in [-0.2, 0) is 19.1 Å². The van der Waals surface area contributed by atoms with E-state index in [1.165, 1.54) is 4.90 Å². The summed E-state index contributed by atoms with van der Waals surface area (Å²) in [5.74, 6) is -1.12. The topological polar surface area (TPSA) is 133 Å². The number of aliphatic hydroxyl groups is 1. The van der Waals surface area contributed by atoms with Gasteiger partial charge in [-0.05, 0) is 30.4 Å². The molecule has 4 N–H and O–H groups in total. The molecule has 2 fully saturated rings. The number of nitrogens with one attached hydrogen (secondary N) is 3. The lowest BCUT2D eigenvalue weighted by Gasteiger charge is -2.35. The number of β-amino-alcohol motifs (C(OH)–C–C–N with tert-alkyl or cyclic N) is 1. The molecule has 0 radical (unpaired) electrons. The van der Waals surface area contributed by atoms with Gasteiger partial charge in [-0.1, -0.05) is 45.0 Å². The quantitative estimate of drug-likeness (QED) is 0.369. The number of ether oxygens (including phenoxy) is 1. The van der Waals surface area contributed by atoms with Crippen LogP contribution >= 0.6 is 11.3 Å². The molecule has 2 aliphatic heterocycles. The summed E-state index contributed by atoms with van der Waals surface area (Å²) < 4.78 is 5.55. The fourth-order valence-electron chi connectivity index (χ4n) is 4.79. The van der Waals surface area contributed by atoms with Crippen LogP contribution in [0.4, 0.5) is 0 Å². The predicted molar refractivity (Wildman–Crippen MR) is 149 cm³/mol. The van der Waals surface area contributed by atoms with Crippen LogP contribution in [0.15, 0.2) is 29.8 Å². The van der Waals surface area contributed by atoms with Crippen LogP contribution in [0.1, 0.15) is 51.4 Å². The summed E-state index contributed by atoms with van der Waals surface area (Å²) in [6.07, 6.45) is -0.694. The van der Waals surface area contributed by atoms with Gasteiger partial charge in [-0.2, -0.15) is 0 Å². The molecule has 0 aliphatic carbocycles. The third-order valence-corrected chi connectivity index (χ3v) is 8.23. The molecule has 2 aliphatic rings. The second-order valence-corrected chi connectivity index (χ2v) is 12.3. The Morgan fingerprint density at radius 3 is 2.46 bits per heavy atom. The molecule has 0 bridgehead atoms. The summed E-state index contributed by atoms with van der Waals surface area (Å²) in [6.45, 7) is 10.7. The van der Waals surface area contributed by atoms with Crippen molar-refractivity contribution in [2.75, 3.05) is 26.2 Å². The van der Waals surface area contributed by atoms with E-state index in [9.17, 15) is 19.5 Å². The molecule has 0 unspecified atom stereocenters. The molecule has 4 rings (SSSR count). The number of hydrogen-bond donors (Lipinski definition) is 4. The van der Waals surface area contributed by atoms with Crippen LogP contribution in [-0.4, -0.2) is 83.2 Å². The molecule has 1 aromatic carbocycles. The number of aromatic nitrogens is 1. The molecule has 11 heteroatoms. The monoisotopic (exact) mass is 557 g/mol. The zero-order chi connectivity index (χ0) is 28.3. The minimum atomic E-state index is -0.881. The van der Waals surface area contributed by atoms with Gasteiger partial charge in [-0.25, -0.2) is 4.98 Å². The normalized spacial score (nSPS) is 21.2. The Labute approximate surface area is 233 Å². The molecular formula is C28H39N5O5S. The number of thiazole rings is 1. The van der Waals surface area contributed by atoms with E-state index < -0.39 is 29.5 Å². The van der Waals surface area contributed by atoms with Crippen LogP contribution < -0.4 is 16.0 Å². The maximum Gasteiger partial charge on any atom is 0.246 e. The molecule has 4 atom stereocenters. The van der Waals surface area contributed by atoms with Gasteiger partial charge in [-0.15, -0.1) is 11.3 Å². The fourth-order valence-corrected chi connectivity index (χ4v) is 5.60. The lowest BCUT2D eigenvalue weighted by Crippen LogP contribution is -2.58. The minimum Gasteiger partial charge on any atom is -0.391 e. The zero-order valence-corrected chi connectivity index (χ0v) is 24.0. The number of benzene rings is 1. The van der Waals surface area contributed by atoms with Gasteiger partial charge >= 0.3 is 0 Å². The van der Waals surface area contributed by atoms with Crippen molar-refractivity contribution in [3.63, 3.8) is 0 Å². The van der Waals surface area contributed by atoms with E-state index in [0.717, 1.165) is 21.7 Å². The predicted octanol–water partition coefficient (Wildman–Crippen LogP) is 1.78. The molecular weight excluding hydrogens is 518 g/mol. The smallest absolute Gasteiger partial charge is 0.246 e. The first kappa shape index (κ1) is 29.1. The van der Waals surface area contributed by atoms with E-state index in [-0.39, 0.29) is 43.5 Å². The average Bonchev–Trinajstić information content (AvgIpc) is 3.46. The number of aryl methyl sites for hydroxylation is 1. The number of carbonyl (C=O) groups is 3. The van der Waals surface area contributed by atoms with Gasteiger partial charge < -0.3 is 30.7 Å². The van der Waals surface area contributed by atoms with Crippen LogP contribution in [0.5, 0.6) is 0 Å². The van der Waals surface area contributed by atoms with Crippen LogP contribution in [0.3, 0.4) is 0 Å². The number of nitrogens with zero attached hydrogens (tertiary/aromatic N) is 2. The first-order valence-electron chi connectivity index (χ1n) is 13.3. The van der Waals surface area contributed by atoms with E-state index in [2.05, 4.69) is 20.9 Å². The SMILES string of the molecule is Cc1ncsc1-c1ccc([C@H](C)NC(=O)[C@@H]2C[C@@H](O)CN2C(=O)[C@@H](NC(=O)COC2CNC2)C(C)(C)C)cc1. The number of rotatable bonds is 9. The van der Waals surface area contributed by atoms with Gasteiger partial charge in [0.25, 0.3) is 0 Å². The molecule has 3 amide bonds. The maximum atomic E-state index is 13.7. The lowest BCUT2D eigenvalue weighted by molar-refractivity contribution is -0.145. The van der Waals surface area contributed by atoms with E-state index in [1.54, 1.807) is 11.3 Å². The minimum absolute atomic E-state index is 0.00337. The van der Waals surface area contributed by atoms with Crippen molar-refractivity contribution < 1.29 is 24.2 Å². The zero-order valence-electron chi connectivity index (χ0n) is 23.2. The molecule has 0 spiro atoms. The lowest BCUT2D eigenvalue weighted by atomic mass is 9.85. The van der Waals surface area contributed by atoms with Gasteiger partial charge in [0.2, 0.25) is 17.7 Å². The summed E-state index contributed by atoms with van der Waals surface area (Å²) in [5.41, 5.74) is 4.17. The van der Waals surface area contributed by atoms with E-state index in [0.29, 0.717) is 13.1 Å². The van der Waals surface area contributed by atoms with Crippen LogP contribution in [0, 0.1) is 12.3 Å². The van der Waals surface area contributed by atoms with Crippen molar-refractivity contribution in [1.29, 1.82) is 0 Å². The summed E-state index contributed by atoms with van der Waals surface area (Å²) in [7, 11) is 0.